The average molecular weight is 547 g/mol. The summed E-state index contributed by atoms with van der Waals surface area (Å²) in [6.07, 6.45) is 23.1. The highest BCUT2D eigenvalue weighted by Crippen LogP contribution is 2.44. The SMILES string of the molecule is CCCCCCCCCCOc1c2ccc(CC)cc2c(OCCCCCCCCCC)c2ccc(CC)cc12. The highest BCUT2D eigenvalue weighted by Gasteiger charge is 2.17. The minimum Gasteiger partial charge on any atom is -0.492 e. The van der Waals surface area contributed by atoms with Gasteiger partial charge >= 0.3 is 0 Å². The molecule has 3 aromatic carbocycles. The van der Waals surface area contributed by atoms with Crippen molar-refractivity contribution < 1.29 is 9.47 Å². The molecule has 222 valence electrons. The van der Waals surface area contributed by atoms with Gasteiger partial charge in [-0.15, -0.1) is 0 Å². The molecule has 40 heavy (non-hydrogen) atoms. The molecule has 0 atom stereocenters. The fourth-order valence-electron chi connectivity index (χ4n) is 5.82. The Morgan fingerprint density at radius 2 is 0.750 bits per heavy atom. The lowest BCUT2D eigenvalue weighted by atomic mass is 9.96. The third-order valence-electron chi connectivity index (χ3n) is 8.45. The predicted molar refractivity (Wildman–Crippen MR) is 176 cm³/mol. The number of aryl methyl sites for hydroxylation is 2. The lowest BCUT2D eigenvalue weighted by Crippen LogP contribution is -2.03. The topological polar surface area (TPSA) is 18.5 Å². The molecule has 3 aromatic rings. The highest BCUT2D eigenvalue weighted by atomic mass is 16.5. The van der Waals surface area contributed by atoms with Gasteiger partial charge in [0.2, 0.25) is 0 Å². The van der Waals surface area contributed by atoms with Crippen molar-refractivity contribution in [3.63, 3.8) is 0 Å². The fourth-order valence-corrected chi connectivity index (χ4v) is 5.82. The van der Waals surface area contributed by atoms with Crippen LogP contribution in [0.3, 0.4) is 0 Å². The molecular weight excluding hydrogens is 488 g/mol. The molecule has 0 saturated carbocycles. The van der Waals surface area contributed by atoms with Crippen molar-refractivity contribution in [2.24, 2.45) is 0 Å². The van der Waals surface area contributed by atoms with Crippen LogP contribution in [0.4, 0.5) is 0 Å². The summed E-state index contributed by atoms with van der Waals surface area (Å²) in [5.41, 5.74) is 2.70. The smallest absolute Gasteiger partial charge is 0.135 e. The summed E-state index contributed by atoms with van der Waals surface area (Å²) < 4.78 is 13.3. The quantitative estimate of drug-likeness (QED) is 0.0921. The van der Waals surface area contributed by atoms with Crippen LogP contribution >= 0.6 is 0 Å². The first kappa shape index (κ1) is 32.3. The number of hydrogen-bond acceptors (Lipinski definition) is 2. The maximum absolute atomic E-state index is 6.65. The van der Waals surface area contributed by atoms with E-state index < -0.39 is 0 Å². The van der Waals surface area contributed by atoms with Crippen molar-refractivity contribution in [3.05, 3.63) is 47.5 Å². The lowest BCUT2D eigenvalue weighted by molar-refractivity contribution is 0.306. The highest BCUT2D eigenvalue weighted by molar-refractivity contribution is 6.11. The Labute approximate surface area is 246 Å². The third kappa shape index (κ3) is 10.0. The number of fused-ring (bicyclic) bond motifs is 2. The Bertz CT molecular complexity index is 1030. The van der Waals surface area contributed by atoms with Crippen LogP contribution in [0.2, 0.25) is 0 Å². The van der Waals surface area contributed by atoms with E-state index in [2.05, 4.69) is 64.1 Å². The second kappa shape index (κ2) is 19.0. The van der Waals surface area contributed by atoms with Gasteiger partial charge in [-0.25, -0.2) is 0 Å². The van der Waals surface area contributed by atoms with E-state index in [1.54, 1.807) is 0 Å². The van der Waals surface area contributed by atoms with Crippen molar-refractivity contribution in [1.29, 1.82) is 0 Å². The van der Waals surface area contributed by atoms with Gasteiger partial charge in [0.15, 0.2) is 0 Å². The van der Waals surface area contributed by atoms with Gasteiger partial charge in [0, 0.05) is 21.5 Å². The zero-order chi connectivity index (χ0) is 28.4. The predicted octanol–water partition coefficient (Wildman–Crippen LogP) is 12.2. The van der Waals surface area contributed by atoms with Gasteiger partial charge in [-0.1, -0.05) is 142 Å². The van der Waals surface area contributed by atoms with Crippen LogP contribution in [0.25, 0.3) is 21.5 Å². The number of hydrogen-bond donors (Lipinski definition) is 0. The van der Waals surface area contributed by atoms with Gasteiger partial charge in [-0.2, -0.15) is 0 Å². The summed E-state index contributed by atoms with van der Waals surface area (Å²) in [6.45, 7) is 10.6. The molecule has 0 spiro atoms. The Kier molecular flexibility index (Phi) is 15.3. The summed E-state index contributed by atoms with van der Waals surface area (Å²) >= 11 is 0. The molecule has 3 rings (SSSR count). The van der Waals surface area contributed by atoms with Crippen molar-refractivity contribution in [2.75, 3.05) is 13.2 Å². The second-order valence-electron chi connectivity index (χ2n) is 11.8. The molecule has 0 radical (unpaired) electrons. The number of rotatable bonds is 22. The molecule has 0 saturated heterocycles. The molecule has 0 heterocycles. The molecule has 2 heteroatoms. The number of ether oxygens (including phenoxy) is 2. The van der Waals surface area contributed by atoms with E-state index in [-0.39, 0.29) is 0 Å². The molecule has 2 nitrogen and oxygen atoms in total. The standard InChI is InChI=1S/C38H58O2/c1-5-9-11-13-15-17-19-21-27-39-37-33-25-23-32(8-4)30-36(33)38(34-26-24-31(7-3)29-35(34)37)40-28-22-20-18-16-14-12-10-6-2/h23-26,29-30H,5-22,27-28H2,1-4H3. The molecular formula is C38H58O2. The van der Waals surface area contributed by atoms with Crippen LogP contribution in [0, 0.1) is 0 Å². The van der Waals surface area contributed by atoms with E-state index >= 15 is 0 Å². The van der Waals surface area contributed by atoms with E-state index in [4.69, 9.17) is 9.47 Å². The maximum Gasteiger partial charge on any atom is 0.135 e. The van der Waals surface area contributed by atoms with Crippen LogP contribution in [-0.2, 0) is 12.8 Å². The van der Waals surface area contributed by atoms with Crippen LogP contribution in [0.1, 0.15) is 142 Å². The molecule has 0 N–H and O–H groups in total. The Morgan fingerprint density at radius 1 is 0.400 bits per heavy atom. The van der Waals surface area contributed by atoms with Gasteiger partial charge in [-0.3, -0.25) is 0 Å². The second-order valence-corrected chi connectivity index (χ2v) is 11.8. The first-order valence-corrected chi connectivity index (χ1v) is 17.0. The third-order valence-corrected chi connectivity index (χ3v) is 8.45. The van der Waals surface area contributed by atoms with Gasteiger partial charge in [-0.05, 0) is 48.9 Å². The van der Waals surface area contributed by atoms with E-state index in [0.29, 0.717) is 0 Å². The largest absolute Gasteiger partial charge is 0.492 e. The van der Waals surface area contributed by atoms with Crippen LogP contribution in [0.15, 0.2) is 36.4 Å². The van der Waals surface area contributed by atoms with Gasteiger partial charge in [0.25, 0.3) is 0 Å². The van der Waals surface area contributed by atoms with Gasteiger partial charge < -0.3 is 9.47 Å². The Morgan fingerprint density at radius 3 is 1.10 bits per heavy atom. The zero-order valence-corrected chi connectivity index (χ0v) is 26.4. The number of benzene rings is 3. The normalized spacial score (nSPS) is 11.5. The van der Waals surface area contributed by atoms with Crippen molar-refractivity contribution in [1.82, 2.24) is 0 Å². The summed E-state index contributed by atoms with van der Waals surface area (Å²) in [6, 6.07) is 13.8. The Hall–Kier alpha value is -2.22. The summed E-state index contributed by atoms with van der Waals surface area (Å²) in [5, 5.41) is 4.81. The van der Waals surface area contributed by atoms with Crippen molar-refractivity contribution >= 4 is 21.5 Å². The first-order chi connectivity index (χ1) is 19.7. The molecule has 0 aliphatic rings. The molecule has 0 aromatic heterocycles. The maximum atomic E-state index is 6.65. The summed E-state index contributed by atoms with van der Waals surface area (Å²) in [5.74, 6) is 2.09. The first-order valence-electron chi connectivity index (χ1n) is 17.0. The van der Waals surface area contributed by atoms with Gasteiger partial charge in [0.1, 0.15) is 11.5 Å². The van der Waals surface area contributed by atoms with Gasteiger partial charge in [0.05, 0.1) is 13.2 Å². The number of unbranched alkanes of at least 4 members (excludes halogenated alkanes) is 14. The fraction of sp³-hybridized carbons (Fsp3) is 0.632. The molecule has 0 aliphatic carbocycles. The minimum atomic E-state index is 0.781. The van der Waals surface area contributed by atoms with Crippen LogP contribution in [-0.4, -0.2) is 13.2 Å². The Balaban J connectivity index is 1.74. The monoisotopic (exact) mass is 546 g/mol. The molecule has 0 fully saturated rings. The van der Waals surface area contributed by atoms with E-state index in [0.717, 1.165) is 50.4 Å². The van der Waals surface area contributed by atoms with E-state index in [1.807, 2.05) is 0 Å². The van der Waals surface area contributed by atoms with E-state index in [9.17, 15) is 0 Å². The molecule has 0 aliphatic heterocycles. The molecule has 0 amide bonds. The lowest BCUT2D eigenvalue weighted by Gasteiger charge is -2.19. The van der Waals surface area contributed by atoms with Crippen LogP contribution in [0.5, 0.6) is 11.5 Å². The summed E-state index contributed by atoms with van der Waals surface area (Å²) in [7, 11) is 0. The zero-order valence-electron chi connectivity index (χ0n) is 26.4. The molecule has 0 bridgehead atoms. The van der Waals surface area contributed by atoms with Crippen molar-refractivity contribution in [2.45, 2.75) is 143 Å². The summed E-state index contributed by atoms with van der Waals surface area (Å²) in [4.78, 5) is 0. The molecule has 0 unspecified atom stereocenters. The van der Waals surface area contributed by atoms with Crippen molar-refractivity contribution in [3.8, 4) is 11.5 Å². The minimum absolute atomic E-state index is 0.781. The van der Waals surface area contributed by atoms with Crippen LogP contribution < -0.4 is 9.47 Å². The average Bonchev–Trinajstić information content (AvgIpc) is 2.99. The van der Waals surface area contributed by atoms with E-state index in [1.165, 1.54) is 123 Å².